The largest absolute Gasteiger partial charge is 0.485 e. The predicted octanol–water partition coefficient (Wildman–Crippen LogP) is 5.77. The number of piperazine rings is 1. The van der Waals surface area contributed by atoms with Gasteiger partial charge in [0.05, 0.1) is 11.1 Å². The van der Waals surface area contributed by atoms with Crippen LogP contribution in [0.1, 0.15) is 40.9 Å². The maximum absolute atomic E-state index is 13.5. The van der Waals surface area contributed by atoms with Gasteiger partial charge in [0.2, 0.25) is 0 Å². The van der Waals surface area contributed by atoms with Crippen LogP contribution in [0.2, 0.25) is 0 Å². The van der Waals surface area contributed by atoms with Crippen molar-refractivity contribution in [3.63, 3.8) is 0 Å². The van der Waals surface area contributed by atoms with Crippen LogP contribution in [-0.2, 0) is 19.0 Å². The van der Waals surface area contributed by atoms with E-state index in [4.69, 9.17) is 10.5 Å². The first-order chi connectivity index (χ1) is 18.2. The van der Waals surface area contributed by atoms with Gasteiger partial charge in [-0.3, -0.25) is 4.79 Å². The summed E-state index contributed by atoms with van der Waals surface area (Å²) in [6.07, 6.45) is -8.51. The highest BCUT2D eigenvalue weighted by molar-refractivity contribution is 5.95. The van der Waals surface area contributed by atoms with Gasteiger partial charge >= 0.3 is 12.4 Å². The van der Waals surface area contributed by atoms with Crippen molar-refractivity contribution in [1.29, 1.82) is 0 Å². The van der Waals surface area contributed by atoms with E-state index in [2.05, 4.69) is 10.3 Å². The number of hydrogen-bond donors (Lipinski definition) is 2. The Labute approximate surface area is 220 Å². The number of alkyl halides is 6. The van der Waals surface area contributed by atoms with Gasteiger partial charge in [0.1, 0.15) is 6.61 Å². The van der Waals surface area contributed by atoms with Crippen LogP contribution in [0, 0.1) is 0 Å². The first kappa shape index (κ1) is 28.2. The van der Waals surface area contributed by atoms with Gasteiger partial charge in [0.25, 0.3) is 5.91 Å². The Morgan fingerprint density at radius 2 is 1.62 bits per heavy atom. The number of anilines is 1. The number of ether oxygens (including phenoxy) is 1. The van der Waals surface area contributed by atoms with Crippen molar-refractivity contribution < 1.29 is 35.9 Å². The molecule has 208 valence electrons. The molecule has 2 heterocycles. The molecule has 1 aliphatic rings. The van der Waals surface area contributed by atoms with E-state index in [1.807, 2.05) is 13.8 Å². The lowest BCUT2D eigenvalue weighted by Crippen LogP contribution is -2.55. The summed E-state index contributed by atoms with van der Waals surface area (Å²) < 4.78 is 84.7. The lowest BCUT2D eigenvalue weighted by atomic mass is 10.0. The molecule has 3 aromatic rings. The van der Waals surface area contributed by atoms with Crippen molar-refractivity contribution in [2.75, 3.05) is 18.8 Å². The molecule has 3 N–H and O–H groups in total. The number of pyridine rings is 1. The third-order valence-corrected chi connectivity index (χ3v) is 6.32. The van der Waals surface area contributed by atoms with Crippen LogP contribution in [0.5, 0.6) is 5.75 Å². The Morgan fingerprint density at radius 3 is 2.21 bits per heavy atom. The number of nitrogens with zero attached hydrogens (tertiary/aromatic N) is 2. The number of nitrogens with one attached hydrogen (secondary N) is 1. The monoisotopic (exact) mass is 552 g/mol. The Balaban J connectivity index is 1.52. The van der Waals surface area contributed by atoms with Gasteiger partial charge in [-0.1, -0.05) is 18.2 Å². The fourth-order valence-corrected chi connectivity index (χ4v) is 4.51. The number of carbonyl (C=O) groups is 1. The molecule has 0 radical (unpaired) electrons. The molecule has 0 spiro atoms. The third-order valence-electron chi connectivity index (χ3n) is 6.32. The number of benzene rings is 2. The Hall–Kier alpha value is -3.80. The maximum Gasteiger partial charge on any atom is 0.416 e. The van der Waals surface area contributed by atoms with Crippen LogP contribution in [0.4, 0.5) is 32.2 Å². The van der Waals surface area contributed by atoms with Gasteiger partial charge in [-0.15, -0.1) is 0 Å². The van der Waals surface area contributed by atoms with Crippen LogP contribution >= 0.6 is 0 Å². The van der Waals surface area contributed by atoms with Gasteiger partial charge in [0.15, 0.2) is 11.6 Å². The molecule has 2 atom stereocenters. The lowest BCUT2D eigenvalue weighted by Gasteiger charge is -2.36. The van der Waals surface area contributed by atoms with Crippen molar-refractivity contribution in [3.05, 3.63) is 77.0 Å². The number of amides is 1. The summed E-state index contributed by atoms with van der Waals surface area (Å²) >= 11 is 0. The molecule has 2 aromatic carbocycles. The van der Waals surface area contributed by atoms with Crippen molar-refractivity contribution in [1.82, 2.24) is 15.2 Å². The standard InChI is InChI=1S/C27H26F6N4O2/c1-15-12-37(13-16(2)36-15)25(38)18-5-3-17(4-6-18)20-9-23(24(34)35-11-20)39-14-19-7-8-21(26(28,29)30)10-22(19)27(31,32)33/h3-11,15-16,36H,12-14H2,1-2H3,(H2,34,35). The number of nitrogens with two attached hydrogens (primary N) is 1. The summed E-state index contributed by atoms with van der Waals surface area (Å²) in [5.74, 6) is -0.240. The molecule has 4 rings (SSSR count). The number of aromatic nitrogens is 1. The quantitative estimate of drug-likeness (QED) is 0.393. The average Bonchev–Trinajstić information content (AvgIpc) is 2.86. The maximum atomic E-state index is 13.5. The SMILES string of the molecule is CC1CN(C(=O)c2ccc(-c3cnc(N)c(OCc4ccc(C(F)(F)F)cc4C(F)(F)F)c3)cc2)CC(C)N1. The van der Waals surface area contributed by atoms with E-state index < -0.39 is 35.6 Å². The molecular formula is C27H26F6N4O2. The molecule has 1 aromatic heterocycles. The van der Waals surface area contributed by atoms with Gasteiger partial charge in [0, 0.05) is 48.1 Å². The minimum Gasteiger partial charge on any atom is -0.485 e. The van der Waals surface area contributed by atoms with Crippen molar-refractivity contribution in [2.45, 2.75) is 44.9 Å². The Bertz CT molecular complexity index is 1330. The van der Waals surface area contributed by atoms with Gasteiger partial charge in [-0.05, 0) is 49.7 Å². The second-order valence-electron chi connectivity index (χ2n) is 9.52. The number of hydrogen-bond acceptors (Lipinski definition) is 5. The number of carbonyl (C=O) groups excluding carboxylic acids is 1. The summed E-state index contributed by atoms with van der Waals surface area (Å²) in [4.78, 5) is 18.8. The van der Waals surface area contributed by atoms with E-state index in [0.29, 0.717) is 35.8 Å². The Kier molecular flexibility index (Phi) is 7.78. The fraction of sp³-hybridized carbons (Fsp3) is 0.333. The molecule has 1 fully saturated rings. The van der Waals surface area contributed by atoms with E-state index in [1.54, 1.807) is 29.2 Å². The van der Waals surface area contributed by atoms with E-state index in [1.165, 1.54) is 12.3 Å². The normalized spacial score (nSPS) is 18.2. The topological polar surface area (TPSA) is 80.5 Å². The molecule has 0 aliphatic carbocycles. The van der Waals surface area contributed by atoms with Gasteiger partial charge in [-0.25, -0.2) is 4.98 Å². The van der Waals surface area contributed by atoms with Crippen molar-refractivity contribution in [2.24, 2.45) is 0 Å². The molecule has 0 saturated carbocycles. The summed E-state index contributed by atoms with van der Waals surface area (Å²) in [6, 6.07) is 9.92. The molecule has 2 unspecified atom stereocenters. The van der Waals surface area contributed by atoms with Crippen LogP contribution in [0.15, 0.2) is 54.7 Å². The smallest absolute Gasteiger partial charge is 0.416 e. The van der Waals surface area contributed by atoms with Gasteiger partial charge in [-0.2, -0.15) is 26.3 Å². The fourth-order valence-electron chi connectivity index (χ4n) is 4.51. The minimum atomic E-state index is -5.02. The van der Waals surface area contributed by atoms with Crippen LogP contribution in [0.3, 0.4) is 0 Å². The zero-order chi connectivity index (χ0) is 28.5. The van der Waals surface area contributed by atoms with Crippen molar-refractivity contribution in [3.8, 4) is 16.9 Å². The molecule has 6 nitrogen and oxygen atoms in total. The summed E-state index contributed by atoms with van der Waals surface area (Å²) in [7, 11) is 0. The van der Waals surface area contributed by atoms with Crippen LogP contribution in [-0.4, -0.2) is 41.0 Å². The summed E-state index contributed by atoms with van der Waals surface area (Å²) in [6.45, 7) is 4.50. The highest BCUT2D eigenvalue weighted by Gasteiger charge is 2.38. The van der Waals surface area contributed by atoms with Gasteiger partial charge < -0.3 is 20.7 Å². The number of rotatable bonds is 5. The third kappa shape index (κ3) is 6.62. The molecule has 39 heavy (non-hydrogen) atoms. The van der Waals surface area contributed by atoms with Crippen LogP contribution in [0.25, 0.3) is 11.1 Å². The van der Waals surface area contributed by atoms with E-state index in [9.17, 15) is 31.1 Å². The second kappa shape index (κ2) is 10.8. The second-order valence-corrected chi connectivity index (χ2v) is 9.52. The van der Waals surface area contributed by atoms with E-state index >= 15 is 0 Å². The van der Waals surface area contributed by atoms with E-state index in [0.717, 1.165) is 6.07 Å². The van der Waals surface area contributed by atoms with Crippen molar-refractivity contribution >= 4 is 11.7 Å². The number of nitrogen functional groups attached to an aromatic ring is 1. The summed E-state index contributed by atoms with van der Waals surface area (Å²) in [5, 5.41) is 3.37. The first-order valence-electron chi connectivity index (χ1n) is 12.0. The zero-order valence-corrected chi connectivity index (χ0v) is 21.0. The van der Waals surface area contributed by atoms with Crippen LogP contribution < -0.4 is 15.8 Å². The number of halogens is 6. The average molecular weight is 553 g/mol. The van der Waals surface area contributed by atoms with E-state index in [-0.39, 0.29) is 35.6 Å². The molecule has 1 saturated heterocycles. The zero-order valence-electron chi connectivity index (χ0n) is 21.0. The molecule has 1 amide bonds. The molecule has 12 heteroatoms. The molecule has 1 aliphatic heterocycles. The highest BCUT2D eigenvalue weighted by Crippen LogP contribution is 2.38. The highest BCUT2D eigenvalue weighted by atomic mass is 19.4. The first-order valence-corrected chi connectivity index (χ1v) is 12.0. The predicted molar refractivity (Wildman–Crippen MR) is 133 cm³/mol. The molecule has 0 bridgehead atoms. The lowest BCUT2D eigenvalue weighted by molar-refractivity contribution is -0.143. The Morgan fingerprint density at radius 1 is 0.974 bits per heavy atom. The molecular weight excluding hydrogens is 526 g/mol. The minimum absolute atomic E-state index is 0.0375. The summed E-state index contributed by atoms with van der Waals surface area (Å²) in [5.41, 5.74) is 4.16.